The zero-order chi connectivity index (χ0) is 43.9. The third kappa shape index (κ3) is 9.03. The molecule has 0 saturated carbocycles. The van der Waals surface area contributed by atoms with E-state index in [9.17, 15) is 14.6 Å². The van der Waals surface area contributed by atoms with Gasteiger partial charge in [0.2, 0.25) is 0 Å². The molecular weight excluding hydrogens is 736 g/mol. The predicted molar refractivity (Wildman–Crippen MR) is 248 cm³/mol. The second-order valence-electron chi connectivity index (χ2n) is 22.5. The lowest BCUT2D eigenvalue weighted by molar-refractivity contribution is 0.0601. The average molecular weight is 805 g/mol. The van der Waals surface area contributed by atoms with Gasteiger partial charge >= 0.3 is 14.6 Å². The van der Waals surface area contributed by atoms with Crippen LogP contribution in [0.3, 0.4) is 0 Å². The lowest BCUT2D eigenvalue weighted by Gasteiger charge is -2.32. The van der Waals surface area contributed by atoms with Crippen LogP contribution in [0.1, 0.15) is 168 Å². The molecular formula is C52H69O5P. The minimum absolute atomic E-state index is 0.0718. The molecule has 0 heterocycles. The summed E-state index contributed by atoms with van der Waals surface area (Å²) in [5.41, 5.74) is 9.12. The molecule has 0 radical (unpaired) electrons. The van der Waals surface area contributed by atoms with Crippen molar-refractivity contribution in [2.75, 3.05) is 7.11 Å². The molecule has 0 aliphatic heterocycles. The van der Waals surface area contributed by atoms with E-state index in [1.807, 2.05) is 0 Å². The minimum Gasteiger partial charge on any atom is -0.465 e. The summed E-state index contributed by atoms with van der Waals surface area (Å²) in [4.78, 5) is 35.3. The van der Waals surface area contributed by atoms with E-state index in [4.69, 9.17) is 9.26 Å². The lowest BCUT2D eigenvalue weighted by atomic mass is 9.72. The quantitative estimate of drug-likeness (QED) is 0.137. The Morgan fingerprint density at radius 1 is 0.483 bits per heavy atom. The van der Waals surface area contributed by atoms with Gasteiger partial charge in [0.15, 0.2) is 0 Å². The molecule has 2 N–H and O–H groups in total. The van der Waals surface area contributed by atoms with Gasteiger partial charge in [0, 0.05) is 11.1 Å². The first kappa shape index (κ1) is 45.3. The molecule has 0 saturated heterocycles. The van der Waals surface area contributed by atoms with E-state index in [2.05, 4.69) is 173 Å². The third-order valence-electron chi connectivity index (χ3n) is 11.4. The molecule has 0 fully saturated rings. The molecule has 0 aliphatic carbocycles. The summed E-state index contributed by atoms with van der Waals surface area (Å²) < 4.78 is 11.6. The van der Waals surface area contributed by atoms with Crippen molar-refractivity contribution < 1.29 is 23.8 Å². The molecule has 5 aromatic rings. The molecule has 0 aliphatic rings. The van der Waals surface area contributed by atoms with Crippen LogP contribution in [0.4, 0.5) is 0 Å². The molecule has 0 amide bonds. The number of methoxy groups -OCH3 is 1. The van der Waals surface area contributed by atoms with Crippen molar-refractivity contribution in [3.05, 3.63) is 99.6 Å². The molecule has 58 heavy (non-hydrogen) atoms. The summed E-state index contributed by atoms with van der Waals surface area (Å²) in [6.07, 6.45) is 0. The fraction of sp³-hybridized carbons (Fsp3) is 0.481. The predicted octanol–water partition coefficient (Wildman–Crippen LogP) is 14.5. The summed E-state index contributed by atoms with van der Waals surface area (Å²) in [5.74, 6) is -0.202. The van der Waals surface area contributed by atoms with Crippen molar-refractivity contribution in [3.8, 4) is 28.0 Å². The first-order valence-electron chi connectivity index (χ1n) is 20.6. The van der Waals surface area contributed by atoms with E-state index in [1.165, 1.54) is 29.4 Å². The van der Waals surface area contributed by atoms with Crippen LogP contribution in [0, 0.1) is 0 Å². The van der Waals surface area contributed by atoms with E-state index in [-0.39, 0.29) is 38.2 Å². The average Bonchev–Trinajstić information content (AvgIpc) is 3.06. The van der Waals surface area contributed by atoms with Crippen molar-refractivity contribution in [1.29, 1.82) is 0 Å². The van der Waals surface area contributed by atoms with Gasteiger partial charge in [0.1, 0.15) is 5.75 Å². The van der Waals surface area contributed by atoms with Gasteiger partial charge in [-0.25, -0.2) is 4.79 Å². The third-order valence-corrected chi connectivity index (χ3v) is 11.8. The van der Waals surface area contributed by atoms with E-state index >= 15 is 0 Å². The molecule has 0 bridgehead atoms. The zero-order valence-corrected chi connectivity index (χ0v) is 39.7. The molecule has 0 atom stereocenters. The smallest absolute Gasteiger partial charge is 0.391 e. The maximum Gasteiger partial charge on any atom is 0.391 e. The highest BCUT2D eigenvalue weighted by atomic mass is 31.2. The van der Waals surface area contributed by atoms with Gasteiger partial charge in [-0.1, -0.05) is 149 Å². The molecule has 312 valence electrons. The maximum absolute atomic E-state index is 14.2. The van der Waals surface area contributed by atoms with Crippen LogP contribution in [0.5, 0.6) is 5.75 Å². The second kappa shape index (κ2) is 15.1. The SMILES string of the molecule is COC(=O)c1ccc(OP(O)O)c(-c2cc3c(C(C)(C)C)cc(C(C)(C)C)cc3cc2C(C)(C)C)c1-c1cc2c(C(C)(C)C)cc(C(C)(C)C)cc2cc1C(C)(C)C. The fourth-order valence-electron chi connectivity index (χ4n) is 8.16. The summed E-state index contributed by atoms with van der Waals surface area (Å²) in [7, 11) is -1.41. The van der Waals surface area contributed by atoms with Gasteiger partial charge in [0.25, 0.3) is 0 Å². The van der Waals surface area contributed by atoms with Crippen molar-refractivity contribution in [2.24, 2.45) is 0 Å². The molecule has 5 aromatic carbocycles. The second-order valence-corrected chi connectivity index (χ2v) is 23.2. The van der Waals surface area contributed by atoms with Crippen molar-refractivity contribution in [2.45, 2.75) is 157 Å². The van der Waals surface area contributed by atoms with Crippen molar-refractivity contribution >= 4 is 36.1 Å². The van der Waals surface area contributed by atoms with Gasteiger partial charge in [-0.15, -0.1) is 0 Å². The van der Waals surface area contributed by atoms with Crippen LogP contribution in [0.15, 0.2) is 60.7 Å². The molecule has 5 nitrogen and oxygen atoms in total. The van der Waals surface area contributed by atoms with Crippen molar-refractivity contribution in [1.82, 2.24) is 0 Å². The summed E-state index contributed by atoms with van der Waals surface area (Å²) in [5, 5.41) is 4.47. The normalized spacial score (nSPS) is 13.5. The van der Waals surface area contributed by atoms with Crippen molar-refractivity contribution in [3.63, 3.8) is 0 Å². The van der Waals surface area contributed by atoms with E-state index in [1.54, 1.807) is 12.1 Å². The molecule has 5 rings (SSSR count). The highest BCUT2D eigenvalue weighted by Gasteiger charge is 2.34. The molecule has 6 heteroatoms. The zero-order valence-electron chi connectivity index (χ0n) is 38.8. The molecule has 0 spiro atoms. The summed E-state index contributed by atoms with van der Waals surface area (Å²) in [6.45, 7) is 40.2. The van der Waals surface area contributed by atoms with E-state index in [0.717, 1.165) is 43.8 Å². The first-order chi connectivity index (χ1) is 26.2. The molecule has 0 unspecified atom stereocenters. The van der Waals surface area contributed by atoms with E-state index in [0.29, 0.717) is 16.7 Å². The Balaban J connectivity index is 2.15. The number of benzene rings is 5. The number of hydrogen-bond donors (Lipinski definition) is 2. The topological polar surface area (TPSA) is 76.0 Å². The highest BCUT2D eigenvalue weighted by molar-refractivity contribution is 7.39. The Morgan fingerprint density at radius 2 is 0.862 bits per heavy atom. The van der Waals surface area contributed by atoms with Crippen LogP contribution in [0.25, 0.3) is 43.8 Å². The number of carbonyl (C=O) groups excluding carboxylic acids is 1. The monoisotopic (exact) mass is 804 g/mol. The van der Waals surface area contributed by atoms with Gasteiger partial charge < -0.3 is 19.0 Å². The number of carbonyl (C=O) groups is 1. The van der Waals surface area contributed by atoms with Crippen LogP contribution in [-0.4, -0.2) is 22.9 Å². The standard InChI is InChI=1S/C52H69O5P/c1-47(2,3)32-22-30-24-39(49(7,8)9)37(28-35(30)41(26-32)51(13,14)15)44-34(46(53)56-19)20-21-43(57-58(54)55)45(44)38-29-36-31(25-40(38)50(10,11)12)23-33(48(4,5)6)27-42(36)52(16,17)18/h20-29,54-55H,1-19H3. The Hall–Kier alpha value is -3.76. The molecule has 0 aromatic heterocycles. The minimum atomic E-state index is -2.82. The largest absolute Gasteiger partial charge is 0.465 e. The Kier molecular flexibility index (Phi) is 11.8. The Morgan fingerprint density at radius 3 is 1.19 bits per heavy atom. The number of hydrogen-bond acceptors (Lipinski definition) is 5. The van der Waals surface area contributed by atoms with Crippen LogP contribution < -0.4 is 4.52 Å². The number of ether oxygens (including phenoxy) is 1. The van der Waals surface area contributed by atoms with Gasteiger partial charge in [-0.2, -0.15) is 0 Å². The Bertz CT molecular complexity index is 2390. The fourth-order valence-corrected chi connectivity index (χ4v) is 8.49. The van der Waals surface area contributed by atoms with Gasteiger partial charge in [-0.05, 0) is 135 Å². The summed E-state index contributed by atoms with van der Waals surface area (Å²) in [6, 6.07) is 21.8. The highest BCUT2D eigenvalue weighted by Crippen LogP contribution is 2.52. The number of rotatable bonds is 5. The van der Waals surface area contributed by atoms with Crippen LogP contribution in [0.2, 0.25) is 0 Å². The number of fused-ring (bicyclic) bond motifs is 2. The van der Waals surface area contributed by atoms with E-state index < -0.39 is 14.6 Å². The number of esters is 1. The lowest BCUT2D eigenvalue weighted by Crippen LogP contribution is -2.19. The van der Waals surface area contributed by atoms with Crippen LogP contribution >= 0.6 is 8.60 Å². The summed E-state index contributed by atoms with van der Waals surface area (Å²) >= 11 is 0. The first-order valence-corrected chi connectivity index (χ1v) is 21.8. The Labute approximate surface area is 350 Å². The van der Waals surface area contributed by atoms with Gasteiger partial charge in [0.05, 0.1) is 12.7 Å². The van der Waals surface area contributed by atoms with Gasteiger partial charge in [-0.3, -0.25) is 0 Å². The maximum atomic E-state index is 14.2. The van der Waals surface area contributed by atoms with Crippen LogP contribution in [-0.2, 0) is 37.2 Å².